The Bertz CT molecular complexity index is 903. The third kappa shape index (κ3) is 4.26. The van der Waals surface area contributed by atoms with Crippen molar-refractivity contribution < 1.29 is 23.2 Å². The van der Waals surface area contributed by atoms with Crippen LogP contribution in [0.25, 0.3) is 6.08 Å². The number of hydrogen-bond acceptors (Lipinski definition) is 5. The molecule has 1 N–H and O–H groups in total. The van der Waals surface area contributed by atoms with Gasteiger partial charge in [0.15, 0.2) is 9.84 Å². The van der Waals surface area contributed by atoms with Crippen molar-refractivity contribution in [2.24, 2.45) is 0 Å². The van der Waals surface area contributed by atoms with Gasteiger partial charge in [0, 0.05) is 17.7 Å². The fraction of sp³-hybridized carbons (Fsp3) is 0.0625. The molecule has 0 aliphatic heterocycles. The van der Waals surface area contributed by atoms with Gasteiger partial charge in [0.1, 0.15) is 0 Å². The lowest BCUT2D eigenvalue weighted by atomic mass is 10.1. The second-order valence-electron chi connectivity index (χ2n) is 4.89. The van der Waals surface area contributed by atoms with E-state index in [1.165, 1.54) is 30.3 Å². The molecule has 124 valence electrons. The van der Waals surface area contributed by atoms with Gasteiger partial charge in [-0.05, 0) is 35.9 Å². The number of aliphatic carboxylic acids is 1. The summed E-state index contributed by atoms with van der Waals surface area (Å²) in [7, 11) is -3.76. The lowest BCUT2D eigenvalue weighted by molar-refractivity contribution is -0.385. The van der Waals surface area contributed by atoms with Crippen LogP contribution in [-0.4, -0.2) is 24.4 Å². The highest BCUT2D eigenvalue weighted by Gasteiger charge is 2.22. The first-order valence-electron chi connectivity index (χ1n) is 6.76. The van der Waals surface area contributed by atoms with Gasteiger partial charge in [-0.2, -0.15) is 0 Å². The number of hydrogen-bond donors (Lipinski definition) is 1. The van der Waals surface area contributed by atoms with Crippen LogP contribution in [0.3, 0.4) is 0 Å². The van der Waals surface area contributed by atoms with E-state index in [1.807, 2.05) is 0 Å². The molecule has 0 heterocycles. The topological polar surface area (TPSA) is 115 Å². The van der Waals surface area contributed by atoms with Crippen LogP contribution in [0.2, 0.25) is 0 Å². The number of carboxylic acid groups (broad SMARTS) is 1. The molecule has 0 aliphatic carbocycles. The van der Waals surface area contributed by atoms with Crippen molar-refractivity contribution in [2.75, 3.05) is 0 Å². The third-order valence-electron chi connectivity index (χ3n) is 3.17. The predicted molar refractivity (Wildman–Crippen MR) is 87.1 cm³/mol. The van der Waals surface area contributed by atoms with Crippen LogP contribution in [0.15, 0.2) is 59.5 Å². The van der Waals surface area contributed by atoms with Crippen molar-refractivity contribution in [1.29, 1.82) is 0 Å². The van der Waals surface area contributed by atoms with E-state index in [4.69, 9.17) is 5.11 Å². The van der Waals surface area contributed by atoms with Gasteiger partial charge >= 0.3 is 5.97 Å². The quantitative estimate of drug-likeness (QED) is 0.488. The molecule has 0 saturated heterocycles. The van der Waals surface area contributed by atoms with Crippen LogP contribution in [0.4, 0.5) is 5.69 Å². The molecule has 0 spiro atoms. The van der Waals surface area contributed by atoms with E-state index >= 15 is 0 Å². The van der Waals surface area contributed by atoms with Gasteiger partial charge in [0.05, 0.1) is 15.6 Å². The molecule has 0 atom stereocenters. The Morgan fingerprint density at radius 2 is 1.83 bits per heavy atom. The maximum Gasteiger partial charge on any atom is 0.328 e. The fourth-order valence-electron chi connectivity index (χ4n) is 2.09. The molecule has 0 amide bonds. The molecule has 8 heteroatoms. The minimum absolute atomic E-state index is 0.00334. The molecule has 0 radical (unpaired) electrons. The molecular formula is C16H13NO6S. The standard InChI is InChI=1S/C16H13NO6S/c18-16(19)9-7-12-6-8-15(17(20)21)13(10-12)11-24(22,23)14-4-2-1-3-5-14/h1-10H,11H2,(H,18,19)/b9-7+. The third-order valence-corrected chi connectivity index (χ3v) is 4.85. The molecule has 0 saturated carbocycles. The van der Waals surface area contributed by atoms with Crippen molar-refractivity contribution in [1.82, 2.24) is 0 Å². The number of benzene rings is 2. The van der Waals surface area contributed by atoms with Crippen molar-refractivity contribution in [3.8, 4) is 0 Å². The van der Waals surface area contributed by atoms with Crippen molar-refractivity contribution in [3.05, 3.63) is 75.8 Å². The van der Waals surface area contributed by atoms with Gasteiger partial charge in [-0.25, -0.2) is 13.2 Å². The van der Waals surface area contributed by atoms with Crippen LogP contribution in [-0.2, 0) is 20.4 Å². The van der Waals surface area contributed by atoms with Gasteiger partial charge in [-0.3, -0.25) is 10.1 Å². The largest absolute Gasteiger partial charge is 0.478 e. The van der Waals surface area contributed by atoms with E-state index in [2.05, 4.69) is 0 Å². The van der Waals surface area contributed by atoms with Gasteiger partial charge in [-0.1, -0.05) is 18.2 Å². The first kappa shape index (κ1) is 17.4. The number of nitrogens with zero attached hydrogens (tertiary/aromatic N) is 1. The minimum atomic E-state index is -3.76. The zero-order valence-corrected chi connectivity index (χ0v) is 13.1. The summed E-state index contributed by atoms with van der Waals surface area (Å²) in [6.45, 7) is 0. The Morgan fingerprint density at radius 1 is 1.17 bits per heavy atom. The summed E-state index contributed by atoms with van der Waals surface area (Å²) >= 11 is 0. The summed E-state index contributed by atoms with van der Waals surface area (Å²) in [6.07, 6.45) is 2.11. The summed E-state index contributed by atoms with van der Waals surface area (Å²) in [6, 6.07) is 11.4. The first-order chi connectivity index (χ1) is 11.3. The van der Waals surface area contributed by atoms with Gasteiger partial charge in [0.25, 0.3) is 5.69 Å². The van der Waals surface area contributed by atoms with Crippen LogP contribution in [0.1, 0.15) is 11.1 Å². The Balaban J connectivity index is 2.45. The number of rotatable bonds is 6. The molecular weight excluding hydrogens is 334 g/mol. The maximum absolute atomic E-state index is 12.4. The van der Waals surface area contributed by atoms with Crippen LogP contribution in [0.5, 0.6) is 0 Å². The van der Waals surface area contributed by atoms with Crippen molar-refractivity contribution >= 4 is 27.6 Å². The monoisotopic (exact) mass is 347 g/mol. The number of nitro groups is 1. The highest BCUT2D eigenvalue weighted by molar-refractivity contribution is 7.90. The molecule has 0 fully saturated rings. The summed E-state index contributed by atoms with van der Waals surface area (Å²) in [5, 5.41) is 19.8. The normalized spacial score (nSPS) is 11.5. The Labute approximate surface area is 137 Å². The van der Waals surface area contributed by atoms with Gasteiger partial charge < -0.3 is 5.11 Å². The fourth-order valence-corrected chi connectivity index (χ4v) is 3.47. The lowest BCUT2D eigenvalue weighted by Crippen LogP contribution is -2.07. The van der Waals surface area contributed by atoms with E-state index < -0.39 is 26.5 Å². The smallest absolute Gasteiger partial charge is 0.328 e. The van der Waals surface area contributed by atoms with Crippen LogP contribution < -0.4 is 0 Å². The second kappa shape index (κ2) is 7.05. The summed E-state index contributed by atoms with van der Waals surface area (Å²) in [5.74, 6) is -1.73. The lowest BCUT2D eigenvalue weighted by Gasteiger charge is -2.06. The van der Waals surface area contributed by atoms with Crippen molar-refractivity contribution in [3.63, 3.8) is 0 Å². The molecule has 0 unspecified atom stereocenters. The first-order valence-corrected chi connectivity index (χ1v) is 8.41. The molecule has 2 rings (SSSR count). The number of nitro benzene ring substituents is 1. The highest BCUT2D eigenvalue weighted by Crippen LogP contribution is 2.25. The summed E-state index contributed by atoms with van der Waals surface area (Å²) < 4.78 is 24.8. The average molecular weight is 347 g/mol. The molecule has 2 aromatic carbocycles. The molecule has 0 aliphatic rings. The van der Waals surface area contributed by atoms with E-state index in [-0.39, 0.29) is 16.1 Å². The summed E-state index contributed by atoms with van der Waals surface area (Å²) in [5.41, 5.74) is 0.0274. The van der Waals surface area contributed by atoms with E-state index in [0.29, 0.717) is 5.56 Å². The average Bonchev–Trinajstić information content (AvgIpc) is 2.53. The number of carbonyl (C=O) groups is 1. The van der Waals surface area contributed by atoms with Gasteiger partial charge in [-0.15, -0.1) is 0 Å². The molecule has 0 bridgehead atoms. The van der Waals surface area contributed by atoms with E-state index in [0.717, 1.165) is 12.1 Å². The minimum Gasteiger partial charge on any atom is -0.478 e. The number of carboxylic acids is 1. The maximum atomic E-state index is 12.4. The zero-order chi connectivity index (χ0) is 17.7. The highest BCUT2D eigenvalue weighted by atomic mass is 32.2. The molecule has 0 aromatic heterocycles. The van der Waals surface area contributed by atoms with Crippen LogP contribution in [0, 0.1) is 10.1 Å². The molecule has 7 nitrogen and oxygen atoms in total. The molecule has 2 aromatic rings. The predicted octanol–water partition coefficient (Wildman–Crippen LogP) is 2.67. The molecule has 24 heavy (non-hydrogen) atoms. The Kier molecular flexibility index (Phi) is 5.10. The van der Waals surface area contributed by atoms with E-state index in [9.17, 15) is 23.3 Å². The van der Waals surface area contributed by atoms with E-state index in [1.54, 1.807) is 18.2 Å². The SMILES string of the molecule is O=C(O)/C=C/c1ccc([N+](=O)[O-])c(CS(=O)(=O)c2ccccc2)c1. The Hall–Kier alpha value is -3.00. The van der Waals surface area contributed by atoms with Crippen LogP contribution >= 0.6 is 0 Å². The van der Waals surface area contributed by atoms with Crippen molar-refractivity contribution in [2.45, 2.75) is 10.6 Å². The summed E-state index contributed by atoms with van der Waals surface area (Å²) in [4.78, 5) is 21.1. The number of sulfone groups is 1. The zero-order valence-electron chi connectivity index (χ0n) is 12.3. The van der Waals surface area contributed by atoms with Gasteiger partial charge in [0.2, 0.25) is 0 Å². The second-order valence-corrected chi connectivity index (χ2v) is 6.88. The Morgan fingerprint density at radius 3 is 2.42 bits per heavy atom.